The van der Waals surface area contributed by atoms with Crippen LogP contribution in [0.5, 0.6) is 0 Å². The van der Waals surface area contributed by atoms with Crippen LogP contribution in [0.4, 0.5) is 5.00 Å². The van der Waals surface area contributed by atoms with Crippen LogP contribution >= 0.6 is 11.3 Å². The van der Waals surface area contributed by atoms with Gasteiger partial charge in [-0.3, -0.25) is 4.68 Å². The van der Waals surface area contributed by atoms with Crippen molar-refractivity contribution in [2.75, 3.05) is 11.9 Å². The quantitative estimate of drug-likeness (QED) is 0.698. The predicted molar refractivity (Wildman–Crippen MR) is 97.7 cm³/mol. The van der Waals surface area contributed by atoms with E-state index >= 15 is 0 Å². The Labute approximate surface area is 141 Å². The highest BCUT2D eigenvalue weighted by atomic mass is 32.1. The van der Waals surface area contributed by atoms with Crippen LogP contribution in [-0.4, -0.2) is 22.4 Å². The first-order valence-electron chi connectivity index (χ1n) is 7.85. The summed E-state index contributed by atoms with van der Waals surface area (Å²) in [6, 6.07) is 17.1. The molecule has 1 unspecified atom stereocenters. The van der Waals surface area contributed by atoms with Crippen LogP contribution in [0, 0.1) is 0 Å². The topological polar surface area (TPSA) is 55.9 Å². The van der Waals surface area contributed by atoms with E-state index in [4.69, 9.17) is 5.73 Å². The molecule has 0 saturated carbocycles. The minimum absolute atomic E-state index is 0.285. The fraction of sp³-hybridized carbons (Fsp3) is 0.278. The number of hydrogen-bond acceptors (Lipinski definition) is 4. The van der Waals surface area contributed by atoms with E-state index in [0.717, 1.165) is 23.5 Å². The van der Waals surface area contributed by atoms with Crippen LogP contribution in [0.3, 0.4) is 0 Å². The average molecular weight is 326 g/mol. The molecule has 3 rings (SSSR count). The van der Waals surface area contributed by atoms with E-state index in [1.165, 1.54) is 10.4 Å². The summed E-state index contributed by atoms with van der Waals surface area (Å²) in [6.45, 7) is 0.631. The molecular formula is C18H22N4S. The van der Waals surface area contributed by atoms with Crippen LogP contribution in [0.2, 0.25) is 0 Å². The molecule has 5 heteroatoms. The Bertz CT molecular complexity index is 732. The van der Waals surface area contributed by atoms with Crippen molar-refractivity contribution < 1.29 is 0 Å². The van der Waals surface area contributed by atoms with Crippen LogP contribution in [0.1, 0.15) is 12.0 Å². The Hall–Kier alpha value is -2.11. The lowest BCUT2D eigenvalue weighted by Crippen LogP contribution is -2.28. The molecule has 0 aliphatic heterocycles. The molecule has 0 aliphatic rings. The van der Waals surface area contributed by atoms with Crippen LogP contribution in [-0.2, 0) is 13.5 Å². The number of nitrogens with one attached hydrogen (secondary N) is 1. The zero-order valence-corrected chi connectivity index (χ0v) is 14.1. The Morgan fingerprint density at radius 1 is 1.17 bits per heavy atom. The summed E-state index contributed by atoms with van der Waals surface area (Å²) in [5.74, 6) is 0. The van der Waals surface area contributed by atoms with Crippen molar-refractivity contribution in [2.45, 2.75) is 18.9 Å². The summed E-state index contributed by atoms with van der Waals surface area (Å²) in [4.78, 5) is 1.21. The molecule has 3 aromatic rings. The number of nitrogens with zero attached hydrogens (tertiary/aromatic N) is 2. The molecule has 0 fully saturated rings. The van der Waals surface area contributed by atoms with Gasteiger partial charge in [-0.25, -0.2) is 0 Å². The van der Waals surface area contributed by atoms with Crippen molar-refractivity contribution in [3.05, 3.63) is 60.3 Å². The maximum absolute atomic E-state index is 5.94. The van der Waals surface area contributed by atoms with Crippen molar-refractivity contribution in [2.24, 2.45) is 12.8 Å². The van der Waals surface area contributed by atoms with Gasteiger partial charge in [0, 0.05) is 25.8 Å². The van der Waals surface area contributed by atoms with E-state index in [0.29, 0.717) is 6.54 Å². The van der Waals surface area contributed by atoms with Gasteiger partial charge in [0.2, 0.25) is 0 Å². The first kappa shape index (κ1) is 15.8. The summed E-state index contributed by atoms with van der Waals surface area (Å²) in [6.07, 6.45) is 3.89. The lowest BCUT2D eigenvalue weighted by molar-refractivity contribution is 0.662. The van der Waals surface area contributed by atoms with Gasteiger partial charge in [0.25, 0.3) is 0 Å². The molecule has 2 aromatic heterocycles. The zero-order chi connectivity index (χ0) is 16.1. The first-order chi connectivity index (χ1) is 11.3. The van der Waals surface area contributed by atoms with E-state index in [1.807, 2.05) is 30.1 Å². The van der Waals surface area contributed by atoms with Gasteiger partial charge in [0.15, 0.2) is 0 Å². The second-order valence-electron chi connectivity index (χ2n) is 5.61. The maximum Gasteiger partial charge on any atom is 0.0892 e. The minimum atomic E-state index is 0.285. The maximum atomic E-state index is 5.94. The monoisotopic (exact) mass is 326 g/mol. The second-order valence-corrected chi connectivity index (χ2v) is 6.69. The normalized spacial score (nSPS) is 12.3. The molecule has 0 bridgehead atoms. The van der Waals surface area contributed by atoms with Crippen LogP contribution < -0.4 is 11.1 Å². The smallest absolute Gasteiger partial charge is 0.0892 e. The summed E-state index contributed by atoms with van der Waals surface area (Å²) in [5.41, 5.74) is 8.43. The van der Waals surface area contributed by atoms with E-state index in [2.05, 4.69) is 46.8 Å². The lowest BCUT2D eigenvalue weighted by Gasteiger charge is -2.16. The van der Waals surface area contributed by atoms with E-state index in [9.17, 15) is 0 Å². The third-order valence-electron chi connectivity index (χ3n) is 3.93. The van der Waals surface area contributed by atoms with Crippen molar-refractivity contribution >= 4 is 16.3 Å². The standard InChI is InChI=1S/C18H22N4S/c1-22-16(11-12-20-22)17-9-10-18(23-17)21-15(13-19)8-7-14-5-3-2-4-6-14/h2-6,9-12,15,21H,7-8,13,19H2,1H3. The fourth-order valence-corrected chi connectivity index (χ4v) is 3.64. The lowest BCUT2D eigenvalue weighted by atomic mass is 10.1. The molecule has 3 N–H and O–H groups in total. The molecule has 0 saturated heterocycles. The highest BCUT2D eigenvalue weighted by Crippen LogP contribution is 2.31. The molecular weight excluding hydrogens is 304 g/mol. The Morgan fingerprint density at radius 2 is 2.00 bits per heavy atom. The number of aryl methyl sites for hydroxylation is 2. The average Bonchev–Trinajstić information content (AvgIpc) is 3.21. The summed E-state index contributed by atoms with van der Waals surface area (Å²) in [7, 11) is 1.96. The van der Waals surface area contributed by atoms with Gasteiger partial charge in [-0.05, 0) is 36.6 Å². The number of aromatic nitrogens is 2. The molecule has 1 atom stereocenters. The van der Waals surface area contributed by atoms with Gasteiger partial charge < -0.3 is 11.1 Å². The molecule has 4 nitrogen and oxygen atoms in total. The molecule has 23 heavy (non-hydrogen) atoms. The molecule has 0 aliphatic carbocycles. The van der Waals surface area contributed by atoms with Gasteiger partial charge in [-0.15, -0.1) is 11.3 Å². The molecule has 2 heterocycles. The van der Waals surface area contributed by atoms with Gasteiger partial charge in [-0.1, -0.05) is 30.3 Å². The third kappa shape index (κ3) is 4.00. The zero-order valence-electron chi connectivity index (χ0n) is 13.3. The van der Waals surface area contributed by atoms with Crippen LogP contribution in [0.15, 0.2) is 54.7 Å². The summed E-state index contributed by atoms with van der Waals surface area (Å²) >= 11 is 1.74. The predicted octanol–water partition coefficient (Wildman–Crippen LogP) is 3.52. The Balaban J connectivity index is 1.61. The fourth-order valence-electron chi connectivity index (χ4n) is 2.60. The Morgan fingerprint density at radius 3 is 2.70 bits per heavy atom. The number of anilines is 1. The first-order valence-corrected chi connectivity index (χ1v) is 8.66. The van der Waals surface area contributed by atoms with E-state index in [-0.39, 0.29) is 6.04 Å². The molecule has 0 spiro atoms. The highest BCUT2D eigenvalue weighted by molar-refractivity contribution is 7.19. The van der Waals surface area contributed by atoms with Crippen molar-refractivity contribution in [1.82, 2.24) is 9.78 Å². The SMILES string of the molecule is Cn1nccc1-c1ccc(NC(CN)CCc2ccccc2)s1. The van der Waals surface area contributed by atoms with Crippen LogP contribution in [0.25, 0.3) is 10.6 Å². The number of hydrogen-bond donors (Lipinski definition) is 2. The van der Waals surface area contributed by atoms with Gasteiger partial charge in [-0.2, -0.15) is 5.10 Å². The third-order valence-corrected chi connectivity index (χ3v) is 4.97. The van der Waals surface area contributed by atoms with Gasteiger partial charge in [0.1, 0.15) is 0 Å². The largest absolute Gasteiger partial charge is 0.373 e. The molecule has 120 valence electrons. The number of rotatable bonds is 7. The van der Waals surface area contributed by atoms with Gasteiger partial charge in [0.05, 0.1) is 15.6 Å². The number of benzene rings is 1. The highest BCUT2D eigenvalue weighted by Gasteiger charge is 2.10. The summed E-state index contributed by atoms with van der Waals surface area (Å²) < 4.78 is 1.89. The van der Waals surface area contributed by atoms with Gasteiger partial charge >= 0.3 is 0 Å². The molecule has 0 radical (unpaired) electrons. The number of thiophene rings is 1. The second kappa shape index (κ2) is 7.44. The number of nitrogens with two attached hydrogens (primary N) is 1. The summed E-state index contributed by atoms with van der Waals surface area (Å²) in [5, 5.41) is 8.95. The van der Waals surface area contributed by atoms with E-state index in [1.54, 1.807) is 11.3 Å². The van der Waals surface area contributed by atoms with E-state index < -0.39 is 0 Å². The van der Waals surface area contributed by atoms with Crippen molar-refractivity contribution in [3.8, 4) is 10.6 Å². The molecule has 0 amide bonds. The Kier molecular flexibility index (Phi) is 5.10. The minimum Gasteiger partial charge on any atom is -0.373 e. The van der Waals surface area contributed by atoms with Crippen molar-refractivity contribution in [1.29, 1.82) is 0 Å². The molecule has 1 aromatic carbocycles. The van der Waals surface area contributed by atoms with Crippen molar-refractivity contribution in [3.63, 3.8) is 0 Å².